The largest absolute Gasteiger partial charge is 0.744 e. The molecule has 0 radical (unpaired) electrons. The summed E-state index contributed by atoms with van der Waals surface area (Å²) >= 11 is 0. The predicted molar refractivity (Wildman–Crippen MR) is 231 cm³/mol. The maximum atomic E-state index is 11.5. The van der Waals surface area contributed by atoms with Crippen molar-refractivity contribution in [1.29, 1.82) is 0 Å². The summed E-state index contributed by atoms with van der Waals surface area (Å²) in [5, 5.41) is 0.772. The number of aryl methyl sites for hydroxylation is 6. The molecule has 0 aliphatic rings. The Labute approximate surface area is 362 Å². The minimum atomic E-state index is -4.82. The molecule has 0 bridgehead atoms. The van der Waals surface area contributed by atoms with Crippen LogP contribution < -0.4 is 29.6 Å². The van der Waals surface area contributed by atoms with Crippen LogP contribution in [-0.2, 0) is 71.1 Å². The summed E-state index contributed by atoms with van der Waals surface area (Å²) in [7, 11) is -10.2. The second-order valence-corrected chi connectivity index (χ2v) is 20.6. The minimum Gasteiger partial charge on any atom is -0.744 e. The van der Waals surface area contributed by atoms with E-state index in [2.05, 4.69) is 104 Å². The molecule has 19 heteroatoms. The number of benzene rings is 3. The van der Waals surface area contributed by atoms with E-state index in [1.807, 2.05) is 21.1 Å². The van der Waals surface area contributed by atoms with Crippen LogP contribution in [0.5, 0.6) is 0 Å². The third-order valence-electron chi connectivity index (χ3n) is 8.87. The molecule has 3 heterocycles. The molecule has 0 N–H and O–H groups in total. The Hall–Kier alpha value is -4.55. The zero-order chi connectivity index (χ0) is 45.2. The molecular formula is C42H57N6O9PS3. The van der Waals surface area contributed by atoms with Gasteiger partial charge in [0.25, 0.3) is 0 Å². The summed E-state index contributed by atoms with van der Waals surface area (Å²) in [5.41, 5.74) is 0. The molecule has 6 aromatic rings. The van der Waals surface area contributed by atoms with Crippen molar-refractivity contribution in [1.82, 2.24) is 13.7 Å². The van der Waals surface area contributed by atoms with E-state index in [1.54, 1.807) is 0 Å². The van der Waals surface area contributed by atoms with E-state index < -0.39 is 53.0 Å². The van der Waals surface area contributed by atoms with Gasteiger partial charge in [0, 0.05) is 0 Å². The Morgan fingerprint density at radius 1 is 0.475 bits per heavy atom. The number of rotatable bonds is 15. The van der Waals surface area contributed by atoms with Crippen molar-refractivity contribution in [3.8, 4) is 0 Å². The number of hydrogen-bond donors (Lipinski definition) is 0. The van der Waals surface area contributed by atoms with Gasteiger partial charge >= 0.3 is 0 Å². The summed E-state index contributed by atoms with van der Waals surface area (Å²) in [6, 6.07) is 14.8. The number of unbranched alkanes of at least 4 members (excludes halogenated alkanes) is 3. The van der Waals surface area contributed by atoms with Crippen LogP contribution in [0.25, 0.3) is 0 Å². The molecule has 61 heavy (non-hydrogen) atoms. The highest BCUT2D eigenvalue weighted by Crippen LogP contribution is 2.35. The summed E-state index contributed by atoms with van der Waals surface area (Å²) in [6.45, 7) is 10.1. The zero-order valence-corrected chi connectivity index (χ0v) is 38.9. The molecule has 15 nitrogen and oxygen atoms in total. The van der Waals surface area contributed by atoms with Crippen LogP contribution in [0.2, 0.25) is 0 Å². The van der Waals surface area contributed by atoms with Gasteiger partial charge in [-0.2, -0.15) is 0 Å². The summed E-state index contributed by atoms with van der Waals surface area (Å²) in [6.07, 6.45) is 26.5. The predicted octanol–water partition coefficient (Wildman–Crippen LogP) is 3.50. The summed E-state index contributed by atoms with van der Waals surface area (Å²) in [5.74, 6) is 0. The lowest BCUT2D eigenvalue weighted by Crippen LogP contribution is -2.23. The molecule has 0 saturated carbocycles. The third kappa shape index (κ3) is 17.8. The van der Waals surface area contributed by atoms with Crippen molar-refractivity contribution >= 4 is 54.2 Å². The van der Waals surface area contributed by atoms with Crippen LogP contribution >= 0.6 is 7.92 Å². The van der Waals surface area contributed by atoms with E-state index in [0.29, 0.717) is 0 Å². The quantitative estimate of drug-likeness (QED) is 0.0841. The first-order valence-electron chi connectivity index (χ1n) is 19.8. The first kappa shape index (κ1) is 50.8. The lowest BCUT2D eigenvalue weighted by Gasteiger charge is -2.22. The normalized spacial score (nSPS) is 11.5. The lowest BCUT2D eigenvalue weighted by atomic mass is 10.3. The highest BCUT2D eigenvalue weighted by Gasteiger charge is 2.20. The molecule has 0 fully saturated rings. The molecule has 0 spiro atoms. The van der Waals surface area contributed by atoms with Gasteiger partial charge in [-0.25, -0.2) is 52.7 Å². The fraction of sp³-hybridized carbons (Fsp3) is 0.357. The smallest absolute Gasteiger partial charge is 0.243 e. The standard InChI is InChI=1S/C18H15O9PS3.3C8H15N2/c19-29(20,21)16-7-1-4-13(10-16)28(14-5-2-8-17(11-14)30(22,23)24)15-6-3-9-18(12-15)31(25,26)27;3*1-3-4-5-10-7-6-9(2)8-10/h1-12H,(H,19,20,21)(H,22,23,24)(H,25,26,27);3*6-8H,3-5H2,1-2H3/q;3*+1/p-3. The molecule has 6 rings (SSSR count). The maximum absolute atomic E-state index is 11.5. The van der Waals surface area contributed by atoms with E-state index in [0.717, 1.165) is 56.0 Å². The topological polar surface area (TPSA) is 198 Å². The molecule has 0 atom stereocenters. The van der Waals surface area contributed by atoms with E-state index >= 15 is 0 Å². The van der Waals surface area contributed by atoms with E-state index in [1.165, 1.54) is 74.9 Å². The molecule has 0 unspecified atom stereocenters. The van der Waals surface area contributed by atoms with Gasteiger partial charge in [0.1, 0.15) is 67.5 Å². The molecule has 3 aromatic carbocycles. The maximum Gasteiger partial charge on any atom is 0.243 e. The van der Waals surface area contributed by atoms with E-state index in [4.69, 9.17) is 0 Å². The average molecular weight is 917 g/mol. The number of hydrogen-bond acceptors (Lipinski definition) is 9. The Morgan fingerprint density at radius 3 is 0.934 bits per heavy atom. The Kier molecular flexibility index (Phi) is 20.1. The average Bonchev–Trinajstić information content (AvgIpc) is 3.96. The van der Waals surface area contributed by atoms with Crippen molar-refractivity contribution in [2.24, 2.45) is 21.1 Å². The Morgan fingerprint density at radius 2 is 0.738 bits per heavy atom. The van der Waals surface area contributed by atoms with Crippen molar-refractivity contribution in [3.05, 3.63) is 129 Å². The summed E-state index contributed by atoms with van der Waals surface area (Å²) < 4.78 is 116. The van der Waals surface area contributed by atoms with Crippen LogP contribution in [0, 0.1) is 0 Å². The highest BCUT2D eigenvalue weighted by molar-refractivity contribution is 7.86. The molecular weight excluding hydrogens is 860 g/mol. The summed E-state index contributed by atoms with van der Waals surface area (Å²) in [4.78, 5) is -1.63. The van der Waals surface area contributed by atoms with E-state index in [9.17, 15) is 38.9 Å². The number of imidazole rings is 3. The van der Waals surface area contributed by atoms with Gasteiger partial charge in [0.05, 0.1) is 55.5 Å². The molecule has 0 aliphatic heterocycles. The van der Waals surface area contributed by atoms with Crippen molar-refractivity contribution in [2.75, 3.05) is 0 Å². The fourth-order valence-corrected chi connectivity index (χ4v) is 9.92. The van der Waals surface area contributed by atoms with Crippen LogP contribution in [0.15, 0.2) is 144 Å². The SMILES string of the molecule is CCCCn1cc[n+](C)c1.CCCCn1cc[n+](C)c1.CCCCn1cc[n+](C)c1.O=S(=O)([O-])c1cccc(P(c2cccc(S(=O)(=O)[O-])c2)c2cccc(S(=O)(=O)[O-])c2)c1. The van der Waals surface area contributed by atoms with Gasteiger partial charge < -0.3 is 13.7 Å². The van der Waals surface area contributed by atoms with Crippen LogP contribution in [0.4, 0.5) is 0 Å². The number of aromatic nitrogens is 6. The number of nitrogens with zero attached hydrogens (tertiary/aromatic N) is 6. The zero-order valence-electron chi connectivity index (χ0n) is 35.5. The van der Waals surface area contributed by atoms with Gasteiger partial charge in [-0.05, 0) is 79.5 Å². The minimum absolute atomic E-state index is 0.257. The van der Waals surface area contributed by atoms with Crippen LogP contribution in [0.1, 0.15) is 59.3 Å². The molecule has 0 aliphatic carbocycles. The second kappa shape index (κ2) is 24.2. The van der Waals surface area contributed by atoms with Gasteiger partial charge in [-0.3, -0.25) is 0 Å². The highest BCUT2D eigenvalue weighted by atomic mass is 32.2. The first-order chi connectivity index (χ1) is 28.7. The molecule has 0 amide bonds. The van der Waals surface area contributed by atoms with Gasteiger partial charge in [0.2, 0.25) is 19.0 Å². The van der Waals surface area contributed by atoms with E-state index in [-0.39, 0.29) is 15.9 Å². The molecule has 3 aromatic heterocycles. The molecule has 332 valence electrons. The van der Waals surface area contributed by atoms with Crippen LogP contribution in [-0.4, -0.2) is 52.6 Å². The fourth-order valence-electron chi connectivity index (χ4n) is 5.71. The first-order valence-corrected chi connectivity index (χ1v) is 25.3. The van der Waals surface area contributed by atoms with Gasteiger partial charge in [-0.15, -0.1) is 0 Å². The Bertz CT molecular complexity index is 2320. The Balaban J connectivity index is 0.000000266. The van der Waals surface area contributed by atoms with Gasteiger partial charge in [0.15, 0.2) is 0 Å². The van der Waals surface area contributed by atoms with Crippen molar-refractivity contribution in [2.45, 2.75) is 93.6 Å². The third-order valence-corrected chi connectivity index (χ3v) is 13.8. The monoisotopic (exact) mass is 916 g/mol. The lowest BCUT2D eigenvalue weighted by molar-refractivity contribution is -0.671. The molecule has 0 saturated heterocycles. The van der Waals surface area contributed by atoms with Crippen LogP contribution in [0.3, 0.4) is 0 Å². The van der Waals surface area contributed by atoms with Gasteiger partial charge in [-0.1, -0.05) is 76.4 Å². The van der Waals surface area contributed by atoms with Crippen molar-refractivity contribution < 1.29 is 52.6 Å². The second-order valence-electron chi connectivity index (χ2n) is 14.2. The van der Waals surface area contributed by atoms with Crippen molar-refractivity contribution in [3.63, 3.8) is 0 Å².